The third kappa shape index (κ3) is 5.59. The Bertz CT molecular complexity index is 3390. The highest BCUT2D eigenvalue weighted by molar-refractivity contribution is 6.16. The molecule has 3 heteroatoms. The molecule has 0 unspecified atom stereocenters. The molecule has 63 heavy (non-hydrogen) atoms. The topological polar surface area (TPSA) is 11.4 Å². The van der Waals surface area contributed by atoms with E-state index in [1.165, 1.54) is 60.8 Å². The second-order valence-electron chi connectivity index (χ2n) is 18.2. The van der Waals surface area contributed by atoms with Gasteiger partial charge in [-0.05, 0) is 136 Å². The Morgan fingerprint density at radius 3 is 1.38 bits per heavy atom. The third-order valence-corrected chi connectivity index (χ3v) is 14.0. The lowest BCUT2D eigenvalue weighted by Gasteiger charge is -2.29. The molecule has 0 bridgehead atoms. The zero-order chi connectivity index (χ0) is 42.5. The van der Waals surface area contributed by atoms with E-state index in [0.717, 1.165) is 45.3 Å². The zero-order valence-electron chi connectivity index (χ0n) is 36.0. The van der Waals surface area contributed by atoms with Crippen molar-refractivity contribution in [1.82, 2.24) is 4.57 Å². The zero-order valence-corrected chi connectivity index (χ0v) is 36.0. The van der Waals surface area contributed by atoms with Crippen molar-refractivity contribution in [3.63, 3.8) is 0 Å². The van der Waals surface area contributed by atoms with Gasteiger partial charge in [-0.3, -0.25) is 0 Å². The number of para-hydroxylation sites is 3. The number of hydrogen-bond donors (Lipinski definition) is 0. The van der Waals surface area contributed by atoms with E-state index < -0.39 is 0 Å². The van der Waals surface area contributed by atoms with E-state index in [4.69, 9.17) is 0 Å². The number of fused-ring (bicyclic) bond motifs is 9. The summed E-state index contributed by atoms with van der Waals surface area (Å²) in [5.41, 5.74) is 20.8. The van der Waals surface area contributed by atoms with Crippen LogP contribution in [-0.2, 0) is 10.8 Å². The number of aromatic nitrogens is 1. The van der Waals surface area contributed by atoms with Gasteiger partial charge in [-0.2, -0.15) is 0 Å². The molecule has 0 saturated carbocycles. The molecule has 10 aromatic rings. The summed E-state index contributed by atoms with van der Waals surface area (Å²) in [5, 5.41) is 2.44. The van der Waals surface area contributed by atoms with Crippen molar-refractivity contribution in [2.24, 2.45) is 0 Å². The minimum atomic E-state index is -0.114. The quantitative estimate of drug-likeness (QED) is 0.159. The Morgan fingerprint density at radius 1 is 0.333 bits per heavy atom. The summed E-state index contributed by atoms with van der Waals surface area (Å²) in [6, 6.07) is 78.2. The van der Waals surface area contributed by atoms with Gasteiger partial charge in [0.15, 0.2) is 0 Å². The van der Waals surface area contributed by atoms with Crippen LogP contribution in [0.1, 0.15) is 49.9 Å². The molecule has 2 aliphatic rings. The monoisotopic (exact) mass is 809 g/mol. The summed E-state index contributed by atoms with van der Waals surface area (Å²) >= 11 is 0. The largest absolute Gasteiger partial charge is 0.310 e. The minimum absolute atomic E-state index is 0.0946. The van der Waals surface area contributed by atoms with Gasteiger partial charge in [-0.15, -0.1) is 0 Å². The van der Waals surface area contributed by atoms with Gasteiger partial charge in [0.2, 0.25) is 0 Å². The van der Waals surface area contributed by atoms with E-state index in [9.17, 15) is 0 Å². The van der Waals surface area contributed by atoms with Crippen LogP contribution < -0.4 is 9.80 Å². The van der Waals surface area contributed by atoms with Crippen LogP contribution in [0.2, 0.25) is 0 Å². The smallest absolute Gasteiger partial charge is 0.0562 e. The molecule has 9 aromatic carbocycles. The Labute approximate surface area is 369 Å². The van der Waals surface area contributed by atoms with Crippen LogP contribution in [0, 0.1) is 0 Å². The first kappa shape index (κ1) is 37.2. The van der Waals surface area contributed by atoms with E-state index in [0.29, 0.717) is 0 Å². The van der Waals surface area contributed by atoms with Crippen LogP contribution in [0.25, 0.3) is 49.7 Å². The molecule has 302 valence electrons. The SMILES string of the molecule is CC1(C)c2ccccc2-c2ccc(N(c3ccccc3)c3ccc(-n4c5ccccc5c5c(N(c6ccccc6)c6ccc7c(c6)C(C)(C)c6ccccc6-7)cccc54)cc3)cc21. The molecule has 0 saturated heterocycles. The average molecular weight is 810 g/mol. The Hall–Kier alpha value is -7.62. The third-order valence-electron chi connectivity index (χ3n) is 14.0. The summed E-state index contributed by atoms with van der Waals surface area (Å²) in [5.74, 6) is 0. The number of anilines is 6. The van der Waals surface area contributed by atoms with Crippen LogP contribution in [0.3, 0.4) is 0 Å². The first-order valence-electron chi connectivity index (χ1n) is 22.1. The van der Waals surface area contributed by atoms with E-state index in [2.05, 4.69) is 254 Å². The van der Waals surface area contributed by atoms with Gasteiger partial charge in [-0.1, -0.05) is 149 Å². The van der Waals surface area contributed by atoms with Crippen LogP contribution in [0.4, 0.5) is 34.1 Å². The van der Waals surface area contributed by atoms with Gasteiger partial charge in [-0.25, -0.2) is 0 Å². The van der Waals surface area contributed by atoms with Gasteiger partial charge in [0.05, 0.1) is 16.7 Å². The molecule has 0 N–H and O–H groups in total. The average Bonchev–Trinajstić information content (AvgIpc) is 3.87. The van der Waals surface area contributed by atoms with E-state index in [1.807, 2.05) is 0 Å². The first-order chi connectivity index (χ1) is 30.8. The molecule has 1 heterocycles. The van der Waals surface area contributed by atoms with Gasteiger partial charge in [0, 0.05) is 55.7 Å². The molecule has 12 rings (SSSR count). The Morgan fingerprint density at radius 2 is 0.778 bits per heavy atom. The second-order valence-corrected chi connectivity index (χ2v) is 18.2. The summed E-state index contributed by atoms with van der Waals surface area (Å²) < 4.78 is 2.44. The molecular weight excluding hydrogens is 763 g/mol. The number of rotatable bonds is 7. The minimum Gasteiger partial charge on any atom is -0.310 e. The fourth-order valence-corrected chi connectivity index (χ4v) is 10.9. The highest BCUT2D eigenvalue weighted by Gasteiger charge is 2.37. The van der Waals surface area contributed by atoms with E-state index in [1.54, 1.807) is 0 Å². The Kier molecular flexibility index (Phi) is 8.23. The first-order valence-corrected chi connectivity index (χ1v) is 22.1. The van der Waals surface area contributed by atoms with Gasteiger partial charge in [0.1, 0.15) is 0 Å². The predicted molar refractivity (Wildman–Crippen MR) is 265 cm³/mol. The van der Waals surface area contributed by atoms with Crippen LogP contribution >= 0.6 is 0 Å². The fraction of sp³-hybridized carbons (Fsp3) is 0.100. The summed E-state index contributed by atoms with van der Waals surface area (Å²) in [7, 11) is 0. The number of hydrogen-bond acceptors (Lipinski definition) is 2. The van der Waals surface area contributed by atoms with Gasteiger partial charge < -0.3 is 14.4 Å². The van der Waals surface area contributed by atoms with Crippen LogP contribution in [-0.4, -0.2) is 4.57 Å². The van der Waals surface area contributed by atoms with Crippen LogP contribution in [0.15, 0.2) is 212 Å². The van der Waals surface area contributed by atoms with Gasteiger partial charge in [0.25, 0.3) is 0 Å². The molecule has 3 nitrogen and oxygen atoms in total. The van der Waals surface area contributed by atoms with Crippen molar-refractivity contribution in [2.45, 2.75) is 38.5 Å². The second kappa shape index (κ2) is 14.0. The molecule has 2 aliphatic carbocycles. The summed E-state index contributed by atoms with van der Waals surface area (Å²) in [6.07, 6.45) is 0. The fourth-order valence-electron chi connectivity index (χ4n) is 10.9. The normalized spacial score (nSPS) is 14.0. The Balaban J connectivity index is 0.996. The molecule has 0 fully saturated rings. The molecule has 0 aliphatic heterocycles. The lowest BCUT2D eigenvalue weighted by Crippen LogP contribution is -2.16. The maximum atomic E-state index is 2.45. The molecule has 0 spiro atoms. The summed E-state index contributed by atoms with van der Waals surface area (Å²) in [4.78, 5) is 4.84. The van der Waals surface area contributed by atoms with E-state index in [-0.39, 0.29) is 10.8 Å². The maximum Gasteiger partial charge on any atom is 0.0562 e. The highest BCUT2D eigenvalue weighted by atomic mass is 15.2. The molecule has 0 atom stereocenters. The van der Waals surface area contributed by atoms with Crippen molar-refractivity contribution >= 4 is 55.9 Å². The summed E-state index contributed by atoms with van der Waals surface area (Å²) in [6.45, 7) is 9.42. The number of nitrogens with zero attached hydrogens (tertiary/aromatic N) is 3. The van der Waals surface area contributed by atoms with Crippen molar-refractivity contribution in [3.05, 3.63) is 235 Å². The maximum absolute atomic E-state index is 2.45. The van der Waals surface area contributed by atoms with Crippen molar-refractivity contribution in [2.75, 3.05) is 9.80 Å². The van der Waals surface area contributed by atoms with Crippen molar-refractivity contribution < 1.29 is 0 Å². The number of benzene rings is 9. The van der Waals surface area contributed by atoms with Crippen molar-refractivity contribution in [1.29, 1.82) is 0 Å². The molecule has 0 amide bonds. The molecule has 0 radical (unpaired) electrons. The van der Waals surface area contributed by atoms with E-state index >= 15 is 0 Å². The lowest BCUT2D eigenvalue weighted by atomic mass is 9.82. The van der Waals surface area contributed by atoms with Gasteiger partial charge >= 0.3 is 0 Å². The van der Waals surface area contributed by atoms with Crippen LogP contribution in [0.5, 0.6) is 0 Å². The lowest BCUT2D eigenvalue weighted by molar-refractivity contribution is 0.660. The van der Waals surface area contributed by atoms with Crippen molar-refractivity contribution in [3.8, 4) is 27.9 Å². The predicted octanol–water partition coefficient (Wildman–Crippen LogP) is 16.3. The highest BCUT2D eigenvalue weighted by Crippen LogP contribution is 2.53. The molecular formula is C60H47N3. The standard InChI is InChI=1S/C60H47N3/c1-59(2)51-25-14-11-22-46(51)48-36-34-44(38-53(48)59)61(40-18-7-5-8-19-40)42-30-32-43(33-31-42)63-55-27-16-13-24-50(55)58-56(28-17-29-57(58)63)62(41-20-9-6-10-21-41)45-35-37-49-47-23-12-15-26-52(47)60(3,4)54(49)39-45/h5-39H,1-4H3. The molecule has 1 aromatic heterocycles.